The minimum absolute atomic E-state index is 0. The van der Waals surface area contributed by atoms with Crippen molar-refractivity contribution < 1.29 is 29.0 Å². The number of rotatable bonds is 17. The summed E-state index contributed by atoms with van der Waals surface area (Å²) in [6, 6.07) is 30.9. The van der Waals surface area contributed by atoms with E-state index in [1.807, 2.05) is 97.1 Å². The van der Waals surface area contributed by atoms with Crippen molar-refractivity contribution in [1.82, 2.24) is 29.9 Å². The summed E-state index contributed by atoms with van der Waals surface area (Å²) in [5.41, 5.74) is 5.26. The molecular formula is C42H48N6O2RuS2+2. The Morgan fingerprint density at radius 2 is 0.679 bits per heavy atom. The van der Waals surface area contributed by atoms with Crippen molar-refractivity contribution >= 4 is 25.3 Å². The molecule has 6 aromatic heterocycles. The van der Waals surface area contributed by atoms with Crippen LogP contribution in [0.25, 0.3) is 34.2 Å². The van der Waals surface area contributed by atoms with Crippen molar-refractivity contribution in [3.63, 3.8) is 0 Å². The van der Waals surface area contributed by atoms with E-state index >= 15 is 0 Å². The van der Waals surface area contributed by atoms with Gasteiger partial charge in [-0.2, -0.15) is 25.3 Å². The van der Waals surface area contributed by atoms with Crippen LogP contribution in [0.4, 0.5) is 0 Å². The van der Waals surface area contributed by atoms with Gasteiger partial charge in [-0.25, -0.2) is 0 Å². The normalized spacial score (nSPS) is 10.1. The maximum Gasteiger partial charge on any atom is 2.00 e. The van der Waals surface area contributed by atoms with E-state index < -0.39 is 0 Å². The van der Waals surface area contributed by atoms with Gasteiger partial charge in [-0.3, -0.25) is 29.9 Å². The van der Waals surface area contributed by atoms with Crippen LogP contribution in [0.1, 0.15) is 51.4 Å². The molecule has 0 amide bonds. The van der Waals surface area contributed by atoms with Crippen molar-refractivity contribution in [3.8, 4) is 45.7 Å². The third-order valence-corrected chi connectivity index (χ3v) is 8.18. The van der Waals surface area contributed by atoms with Gasteiger partial charge in [0.05, 0.1) is 47.4 Å². The second-order valence-corrected chi connectivity index (χ2v) is 12.5. The van der Waals surface area contributed by atoms with Crippen molar-refractivity contribution in [2.75, 3.05) is 24.7 Å². The monoisotopic (exact) mass is 834 g/mol. The van der Waals surface area contributed by atoms with Crippen LogP contribution in [-0.4, -0.2) is 54.6 Å². The predicted octanol–water partition coefficient (Wildman–Crippen LogP) is 10.2. The average molecular weight is 834 g/mol. The third-order valence-electron chi connectivity index (χ3n) is 7.55. The molecule has 0 spiro atoms. The summed E-state index contributed by atoms with van der Waals surface area (Å²) in [7, 11) is 0. The largest absolute Gasteiger partial charge is 2.00 e. The van der Waals surface area contributed by atoms with Crippen LogP contribution < -0.4 is 9.47 Å². The predicted molar refractivity (Wildman–Crippen MR) is 218 cm³/mol. The Bertz CT molecular complexity index is 1570. The second-order valence-electron chi connectivity index (χ2n) is 11.6. The SMILES string of the molecule is SCCCCCCOc1ccnc(-c2cc(OCCCCCCS)ccn2)c1.[Ru+2].c1ccc(-c2ccccn2)nc1.c1ccc(-c2ccccn2)nc1. The number of aromatic nitrogens is 6. The number of nitrogens with zero attached hydrogens (tertiary/aromatic N) is 6. The zero-order chi connectivity index (χ0) is 36.3. The molecule has 0 aliphatic heterocycles. The van der Waals surface area contributed by atoms with E-state index in [4.69, 9.17) is 9.47 Å². The Hall–Kier alpha value is -4.18. The third kappa shape index (κ3) is 17.5. The molecule has 0 aliphatic rings. The van der Waals surface area contributed by atoms with Crippen molar-refractivity contribution in [2.24, 2.45) is 0 Å². The number of unbranched alkanes of at least 4 members (excludes halogenated alkanes) is 6. The first-order valence-electron chi connectivity index (χ1n) is 17.8. The number of ether oxygens (including phenoxy) is 2. The number of thiol groups is 2. The summed E-state index contributed by atoms with van der Waals surface area (Å²) in [5.74, 6) is 3.58. The van der Waals surface area contributed by atoms with Gasteiger partial charge in [0.1, 0.15) is 11.5 Å². The van der Waals surface area contributed by atoms with Gasteiger partial charge < -0.3 is 9.47 Å². The molecule has 0 fully saturated rings. The summed E-state index contributed by atoms with van der Waals surface area (Å²) in [6.45, 7) is 1.44. The molecule has 0 radical (unpaired) electrons. The molecule has 6 aromatic rings. The molecule has 0 N–H and O–H groups in total. The smallest absolute Gasteiger partial charge is 0.493 e. The summed E-state index contributed by atoms with van der Waals surface area (Å²) in [5, 5.41) is 0. The fraction of sp³-hybridized carbons (Fsp3) is 0.286. The molecule has 0 saturated heterocycles. The molecule has 0 aromatic carbocycles. The molecular weight excluding hydrogens is 786 g/mol. The zero-order valence-corrected chi connectivity index (χ0v) is 33.5. The molecule has 6 heterocycles. The Morgan fingerprint density at radius 3 is 0.981 bits per heavy atom. The molecule has 0 unspecified atom stereocenters. The molecule has 53 heavy (non-hydrogen) atoms. The van der Waals surface area contributed by atoms with Crippen LogP contribution in [0.15, 0.2) is 134 Å². The minimum Gasteiger partial charge on any atom is -0.493 e. The van der Waals surface area contributed by atoms with E-state index in [-0.39, 0.29) is 19.5 Å². The van der Waals surface area contributed by atoms with E-state index in [2.05, 4.69) is 55.2 Å². The van der Waals surface area contributed by atoms with Crippen LogP contribution in [-0.2, 0) is 19.5 Å². The van der Waals surface area contributed by atoms with Crippen LogP contribution in [0.5, 0.6) is 11.5 Å². The molecule has 6 rings (SSSR count). The quantitative estimate of drug-likeness (QED) is 0.0533. The molecule has 0 saturated carbocycles. The standard InChI is InChI=1S/C22H32N2O2S2.2C10H8N2.Ru/c27-15-7-3-1-5-13-25-19-9-11-23-21(17-19)22-18-20(10-12-24-22)26-14-6-2-4-8-16-28;2*1-3-7-11-9(5-1)10-6-2-4-8-12-10;/h9-12,17-18,27-28H,1-8,13-16H2;2*1-8H;/q;;;+2. The Balaban J connectivity index is 0.000000247. The minimum atomic E-state index is 0. The molecule has 0 aliphatic carbocycles. The summed E-state index contributed by atoms with van der Waals surface area (Å²) in [6.07, 6.45) is 19.8. The molecule has 0 bridgehead atoms. The Morgan fingerprint density at radius 1 is 0.358 bits per heavy atom. The van der Waals surface area contributed by atoms with Gasteiger partial charge in [0.2, 0.25) is 0 Å². The van der Waals surface area contributed by atoms with E-state index in [0.29, 0.717) is 0 Å². The Labute approximate surface area is 338 Å². The molecule has 11 heteroatoms. The maximum atomic E-state index is 5.87. The fourth-order valence-corrected chi connectivity index (χ4v) is 5.30. The summed E-state index contributed by atoms with van der Waals surface area (Å²) >= 11 is 8.47. The van der Waals surface area contributed by atoms with E-state index in [1.165, 1.54) is 38.5 Å². The van der Waals surface area contributed by atoms with Crippen LogP contribution in [0.3, 0.4) is 0 Å². The van der Waals surface area contributed by atoms with E-state index in [9.17, 15) is 0 Å². The summed E-state index contributed by atoms with van der Waals surface area (Å²) < 4.78 is 11.7. The maximum absolute atomic E-state index is 5.87. The molecule has 276 valence electrons. The van der Waals surface area contributed by atoms with Crippen molar-refractivity contribution in [2.45, 2.75) is 51.4 Å². The van der Waals surface area contributed by atoms with E-state index in [0.717, 1.165) is 83.2 Å². The van der Waals surface area contributed by atoms with Crippen LogP contribution in [0.2, 0.25) is 0 Å². The second kappa shape index (κ2) is 27.4. The number of hydrogen-bond donors (Lipinski definition) is 2. The van der Waals surface area contributed by atoms with Gasteiger partial charge in [-0.1, -0.05) is 49.9 Å². The van der Waals surface area contributed by atoms with Gasteiger partial charge in [0, 0.05) is 49.3 Å². The average Bonchev–Trinajstić information content (AvgIpc) is 3.22. The summed E-state index contributed by atoms with van der Waals surface area (Å²) in [4.78, 5) is 25.6. The van der Waals surface area contributed by atoms with Gasteiger partial charge >= 0.3 is 19.5 Å². The Kier molecular flexibility index (Phi) is 22.4. The number of pyridine rings is 6. The molecule has 8 nitrogen and oxygen atoms in total. The topological polar surface area (TPSA) is 95.8 Å². The molecule has 0 atom stereocenters. The first kappa shape index (κ1) is 43.2. The van der Waals surface area contributed by atoms with Gasteiger partial charge in [0.15, 0.2) is 0 Å². The van der Waals surface area contributed by atoms with Crippen molar-refractivity contribution in [1.29, 1.82) is 0 Å². The zero-order valence-electron chi connectivity index (χ0n) is 29.9. The van der Waals surface area contributed by atoms with E-state index in [1.54, 1.807) is 37.2 Å². The first-order valence-corrected chi connectivity index (χ1v) is 19.1. The van der Waals surface area contributed by atoms with Gasteiger partial charge in [0.25, 0.3) is 0 Å². The van der Waals surface area contributed by atoms with Gasteiger partial charge in [-0.05, 0) is 97.9 Å². The van der Waals surface area contributed by atoms with Crippen LogP contribution in [0, 0.1) is 0 Å². The number of hydrogen-bond acceptors (Lipinski definition) is 10. The van der Waals surface area contributed by atoms with Crippen LogP contribution >= 0.6 is 25.3 Å². The fourth-order valence-electron chi connectivity index (χ4n) is 4.85. The van der Waals surface area contributed by atoms with Gasteiger partial charge in [-0.15, -0.1) is 0 Å². The van der Waals surface area contributed by atoms with Crippen molar-refractivity contribution in [3.05, 3.63) is 134 Å². The first-order chi connectivity index (χ1) is 25.8.